The monoisotopic (exact) mass is 299 g/mol. The molecule has 19 heavy (non-hydrogen) atoms. The second-order valence-electron chi connectivity index (χ2n) is 4.96. The Hall–Kier alpha value is -0.130. The van der Waals surface area contributed by atoms with Gasteiger partial charge in [-0.3, -0.25) is 4.68 Å². The lowest BCUT2D eigenvalue weighted by Crippen LogP contribution is -2.42. The Balaban J connectivity index is 2.04. The maximum absolute atomic E-state index is 4.56. The topological polar surface area (TPSA) is 29.9 Å². The minimum Gasteiger partial charge on any atom is -0.313 e. The van der Waals surface area contributed by atoms with Gasteiger partial charge in [0.15, 0.2) is 0 Å². The molecule has 5 heteroatoms. The van der Waals surface area contributed by atoms with Gasteiger partial charge in [0.2, 0.25) is 0 Å². The first kappa shape index (κ1) is 15.3. The van der Waals surface area contributed by atoms with Crippen LogP contribution in [0.25, 0.3) is 0 Å². The summed E-state index contributed by atoms with van der Waals surface area (Å²) in [5, 5.41) is 8.98. The molecule has 2 rings (SSSR count). The zero-order chi connectivity index (χ0) is 13.7. The Kier molecular flexibility index (Phi) is 6.10. The van der Waals surface area contributed by atoms with E-state index in [0.717, 1.165) is 24.6 Å². The van der Waals surface area contributed by atoms with Gasteiger partial charge < -0.3 is 5.32 Å². The third-order valence-electron chi connectivity index (χ3n) is 3.58. The van der Waals surface area contributed by atoms with Gasteiger partial charge in [-0.15, -0.1) is 0 Å². The highest BCUT2D eigenvalue weighted by atomic mass is 32.2. The highest BCUT2D eigenvalue weighted by Crippen LogP contribution is 2.28. The fourth-order valence-electron chi connectivity index (χ4n) is 2.50. The number of likely N-dealkylation sites (N-methyl/N-ethyl adjacent to an activating group) is 1. The molecular weight excluding hydrogens is 274 g/mol. The van der Waals surface area contributed by atoms with Crippen LogP contribution in [0.2, 0.25) is 0 Å². The van der Waals surface area contributed by atoms with E-state index in [9.17, 15) is 0 Å². The summed E-state index contributed by atoms with van der Waals surface area (Å²) in [6.07, 6.45) is 2.11. The van der Waals surface area contributed by atoms with E-state index >= 15 is 0 Å². The van der Waals surface area contributed by atoms with Crippen molar-refractivity contribution in [3.63, 3.8) is 0 Å². The first-order valence-electron chi connectivity index (χ1n) is 7.19. The molecule has 2 heterocycles. The number of rotatable bonds is 6. The maximum atomic E-state index is 4.56. The van der Waals surface area contributed by atoms with Crippen molar-refractivity contribution < 1.29 is 0 Å². The lowest BCUT2D eigenvalue weighted by Gasteiger charge is -2.30. The molecule has 2 unspecified atom stereocenters. The summed E-state index contributed by atoms with van der Waals surface area (Å²) < 4.78 is 2.06. The smallest absolute Gasteiger partial charge is 0.0624 e. The highest BCUT2D eigenvalue weighted by molar-refractivity contribution is 8.06. The normalized spacial score (nSPS) is 21.5. The number of aromatic nitrogens is 2. The van der Waals surface area contributed by atoms with Crippen molar-refractivity contribution in [2.24, 2.45) is 7.05 Å². The average molecular weight is 300 g/mol. The fraction of sp³-hybridized carbons (Fsp3) is 0.786. The lowest BCUT2D eigenvalue weighted by atomic mass is 10.1. The van der Waals surface area contributed by atoms with Crippen molar-refractivity contribution in [1.82, 2.24) is 15.1 Å². The Bertz CT molecular complexity index is 386. The summed E-state index contributed by atoms with van der Waals surface area (Å²) in [6.45, 7) is 5.42. The van der Waals surface area contributed by atoms with Crippen molar-refractivity contribution in [2.75, 3.05) is 23.8 Å². The SMILES string of the molecule is CCNC(Cc1cc(CC)nn1C)C1CSCCS1. The first-order chi connectivity index (χ1) is 9.24. The molecule has 2 atom stereocenters. The van der Waals surface area contributed by atoms with Crippen LogP contribution in [-0.2, 0) is 19.9 Å². The summed E-state index contributed by atoms with van der Waals surface area (Å²) in [5.41, 5.74) is 2.57. The van der Waals surface area contributed by atoms with Crippen LogP contribution in [-0.4, -0.2) is 44.9 Å². The third-order valence-corrected chi connectivity index (χ3v) is 6.50. The van der Waals surface area contributed by atoms with E-state index in [1.54, 1.807) is 0 Å². The van der Waals surface area contributed by atoms with Gasteiger partial charge in [-0.2, -0.15) is 28.6 Å². The van der Waals surface area contributed by atoms with Gasteiger partial charge in [-0.25, -0.2) is 0 Å². The van der Waals surface area contributed by atoms with E-state index in [0.29, 0.717) is 6.04 Å². The molecule has 1 fully saturated rings. The number of hydrogen-bond acceptors (Lipinski definition) is 4. The largest absolute Gasteiger partial charge is 0.313 e. The molecule has 3 nitrogen and oxygen atoms in total. The van der Waals surface area contributed by atoms with Gasteiger partial charge in [0.1, 0.15) is 0 Å². The summed E-state index contributed by atoms with van der Waals surface area (Å²) in [6, 6.07) is 2.84. The van der Waals surface area contributed by atoms with Crippen LogP contribution >= 0.6 is 23.5 Å². The quantitative estimate of drug-likeness (QED) is 0.873. The lowest BCUT2D eigenvalue weighted by molar-refractivity contribution is 0.505. The molecule has 0 amide bonds. The van der Waals surface area contributed by atoms with E-state index < -0.39 is 0 Å². The number of aryl methyl sites for hydroxylation is 2. The number of nitrogens with zero attached hydrogens (tertiary/aromatic N) is 2. The van der Waals surface area contributed by atoms with Gasteiger partial charge >= 0.3 is 0 Å². The Morgan fingerprint density at radius 3 is 2.89 bits per heavy atom. The first-order valence-corrected chi connectivity index (χ1v) is 9.39. The van der Waals surface area contributed by atoms with Gasteiger partial charge in [0, 0.05) is 47.7 Å². The zero-order valence-electron chi connectivity index (χ0n) is 12.2. The summed E-state index contributed by atoms with van der Waals surface area (Å²) in [5.74, 6) is 3.88. The molecule has 1 aromatic rings. The standard InChI is InChI=1S/C14H25N3S2/c1-4-11-8-12(17(3)16-11)9-13(15-5-2)14-10-18-6-7-19-14/h8,13-15H,4-7,9-10H2,1-3H3. The molecule has 0 radical (unpaired) electrons. The molecular formula is C14H25N3S2. The molecule has 1 N–H and O–H groups in total. The minimum absolute atomic E-state index is 0.572. The highest BCUT2D eigenvalue weighted by Gasteiger charge is 2.25. The van der Waals surface area contributed by atoms with E-state index in [-0.39, 0.29) is 0 Å². The van der Waals surface area contributed by atoms with Gasteiger partial charge in [-0.1, -0.05) is 13.8 Å². The number of thioether (sulfide) groups is 2. The molecule has 1 aliphatic rings. The second kappa shape index (κ2) is 7.60. The van der Waals surface area contributed by atoms with Crippen molar-refractivity contribution in [2.45, 2.75) is 38.0 Å². The molecule has 1 saturated heterocycles. The predicted octanol–water partition coefficient (Wildman–Crippen LogP) is 2.35. The van der Waals surface area contributed by atoms with Crippen LogP contribution in [0.3, 0.4) is 0 Å². The molecule has 0 bridgehead atoms. The van der Waals surface area contributed by atoms with Crippen LogP contribution in [0.4, 0.5) is 0 Å². The van der Waals surface area contributed by atoms with E-state index in [1.165, 1.54) is 28.6 Å². The summed E-state index contributed by atoms with van der Waals surface area (Å²) in [7, 11) is 2.07. The Morgan fingerprint density at radius 2 is 2.32 bits per heavy atom. The van der Waals surface area contributed by atoms with Crippen LogP contribution in [0.1, 0.15) is 25.2 Å². The number of hydrogen-bond donors (Lipinski definition) is 1. The van der Waals surface area contributed by atoms with Crippen molar-refractivity contribution in [1.29, 1.82) is 0 Å². The van der Waals surface area contributed by atoms with Crippen LogP contribution in [0.5, 0.6) is 0 Å². The molecule has 108 valence electrons. The Labute approximate surface area is 125 Å². The minimum atomic E-state index is 0.572. The maximum Gasteiger partial charge on any atom is 0.0624 e. The summed E-state index contributed by atoms with van der Waals surface area (Å²) >= 11 is 4.23. The second-order valence-corrected chi connectivity index (χ2v) is 7.45. The van der Waals surface area contributed by atoms with Crippen LogP contribution in [0, 0.1) is 0 Å². The molecule has 1 aliphatic heterocycles. The van der Waals surface area contributed by atoms with Crippen LogP contribution < -0.4 is 5.32 Å². The van der Waals surface area contributed by atoms with Crippen molar-refractivity contribution >= 4 is 23.5 Å². The average Bonchev–Trinajstić information content (AvgIpc) is 2.80. The van der Waals surface area contributed by atoms with Crippen molar-refractivity contribution in [3.05, 3.63) is 17.5 Å². The zero-order valence-corrected chi connectivity index (χ0v) is 13.8. The summed E-state index contributed by atoms with van der Waals surface area (Å²) in [4.78, 5) is 0. The third kappa shape index (κ3) is 4.17. The molecule has 0 spiro atoms. The Morgan fingerprint density at radius 1 is 1.47 bits per heavy atom. The molecule has 0 aliphatic carbocycles. The molecule has 1 aromatic heterocycles. The van der Waals surface area contributed by atoms with Gasteiger partial charge in [0.25, 0.3) is 0 Å². The number of nitrogens with one attached hydrogen (secondary N) is 1. The van der Waals surface area contributed by atoms with Crippen molar-refractivity contribution in [3.8, 4) is 0 Å². The van der Waals surface area contributed by atoms with Gasteiger partial charge in [-0.05, 0) is 19.0 Å². The molecule has 0 saturated carbocycles. The van der Waals surface area contributed by atoms with E-state index in [1.807, 2.05) is 0 Å². The molecule has 0 aromatic carbocycles. The predicted molar refractivity (Wildman–Crippen MR) is 87.3 cm³/mol. The van der Waals surface area contributed by atoms with Crippen LogP contribution in [0.15, 0.2) is 6.07 Å². The fourth-order valence-corrected chi connectivity index (χ4v) is 5.38. The van der Waals surface area contributed by atoms with E-state index in [4.69, 9.17) is 0 Å². The van der Waals surface area contributed by atoms with Gasteiger partial charge in [0.05, 0.1) is 5.69 Å². The van der Waals surface area contributed by atoms with E-state index in [2.05, 4.69) is 65.6 Å².